The molecule has 0 aliphatic carbocycles. The molecule has 2 rings (SSSR count). The molecule has 0 spiro atoms. The van der Waals surface area contributed by atoms with Crippen molar-refractivity contribution in [3.05, 3.63) is 29.8 Å². The molecule has 20 heavy (non-hydrogen) atoms. The van der Waals surface area contributed by atoms with E-state index in [0.29, 0.717) is 25.6 Å². The molecule has 0 saturated carbocycles. The summed E-state index contributed by atoms with van der Waals surface area (Å²) in [6.07, 6.45) is 1.22. The Bertz CT molecular complexity index is 607. The summed E-state index contributed by atoms with van der Waals surface area (Å²) in [5.41, 5.74) is 7.86. The number of nitrogens with two attached hydrogens (primary N) is 1. The SMILES string of the molecule is Cc1cccc(NC(N)=NCC2CN(S(C)(=O)=O)C2)c1. The molecular weight excluding hydrogens is 276 g/mol. The van der Waals surface area contributed by atoms with Gasteiger partial charge in [-0.2, -0.15) is 0 Å². The molecule has 1 heterocycles. The van der Waals surface area contributed by atoms with E-state index in [1.54, 1.807) is 0 Å². The summed E-state index contributed by atoms with van der Waals surface area (Å²) >= 11 is 0. The van der Waals surface area contributed by atoms with Crippen molar-refractivity contribution in [1.82, 2.24) is 4.31 Å². The van der Waals surface area contributed by atoms with E-state index >= 15 is 0 Å². The smallest absolute Gasteiger partial charge is 0.211 e. The van der Waals surface area contributed by atoms with E-state index in [9.17, 15) is 8.42 Å². The van der Waals surface area contributed by atoms with Gasteiger partial charge in [0, 0.05) is 31.2 Å². The van der Waals surface area contributed by atoms with E-state index in [1.165, 1.54) is 10.6 Å². The van der Waals surface area contributed by atoms with Gasteiger partial charge in [-0.05, 0) is 24.6 Å². The van der Waals surface area contributed by atoms with Crippen LogP contribution in [0.4, 0.5) is 5.69 Å². The number of rotatable bonds is 4. The normalized spacial score (nSPS) is 17.8. The lowest BCUT2D eigenvalue weighted by Gasteiger charge is -2.36. The fourth-order valence-electron chi connectivity index (χ4n) is 2.05. The third-order valence-corrected chi connectivity index (χ3v) is 4.44. The van der Waals surface area contributed by atoms with Gasteiger partial charge < -0.3 is 11.1 Å². The molecule has 7 heteroatoms. The summed E-state index contributed by atoms with van der Waals surface area (Å²) in [5, 5.41) is 3.02. The van der Waals surface area contributed by atoms with Gasteiger partial charge in [-0.25, -0.2) is 12.7 Å². The minimum Gasteiger partial charge on any atom is -0.370 e. The number of nitrogens with zero attached hydrogens (tertiary/aromatic N) is 2. The van der Waals surface area contributed by atoms with Crippen molar-refractivity contribution in [3.8, 4) is 0 Å². The molecule has 0 aromatic heterocycles. The Balaban J connectivity index is 1.81. The largest absolute Gasteiger partial charge is 0.370 e. The van der Waals surface area contributed by atoms with E-state index in [0.717, 1.165) is 11.3 Å². The molecule has 0 atom stereocenters. The second kappa shape index (κ2) is 5.80. The average molecular weight is 296 g/mol. The van der Waals surface area contributed by atoms with Gasteiger partial charge in [0.05, 0.1) is 6.26 Å². The molecule has 1 aromatic rings. The molecule has 1 fully saturated rings. The van der Waals surface area contributed by atoms with Gasteiger partial charge in [0.2, 0.25) is 10.0 Å². The Morgan fingerprint density at radius 3 is 2.80 bits per heavy atom. The maximum Gasteiger partial charge on any atom is 0.211 e. The highest BCUT2D eigenvalue weighted by Crippen LogP contribution is 2.18. The van der Waals surface area contributed by atoms with Gasteiger partial charge in [0.1, 0.15) is 0 Å². The van der Waals surface area contributed by atoms with Crippen LogP contribution in [0.5, 0.6) is 0 Å². The second-order valence-electron chi connectivity index (χ2n) is 5.17. The summed E-state index contributed by atoms with van der Waals surface area (Å²) in [4.78, 5) is 4.25. The number of sulfonamides is 1. The topological polar surface area (TPSA) is 87.8 Å². The molecule has 110 valence electrons. The molecule has 6 nitrogen and oxygen atoms in total. The zero-order chi connectivity index (χ0) is 14.8. The number of hydrogen-bond acceptors (Lipinski definition) is 3. The first-order valence-electron chi connectivity index (χ1n) is 6.43. The highest BCUT2D eigenvalue weighted by atomic mass is 32.2. The standard InChI is InChI=1S/C13H20N4O2S/c1-10-4-3-5-12(6-10)16-13(14)15-7-11-8-17(9-11)20(2,18)19/h3-6,11H,7-9H2,1-2H3,(H3,14,15,16). The van der Waals surface area contributed by atoms with Crippen molar-refractivity contribution in [3.63, 3.8) is 0 Å². The molecule has 0 amide bonds. The molecular formula is C13H20N4O2S. The Morgan fingerprint density at radius 1 is 1.50 bits per heavy atom. The number of aryl methyl sites for hydroxylation is 1. The van der Waals surface area contributed by atoms with Crippen molar-refractivity contribution in [2.75, 3.05) is 31.2 Å². The first-order chi connectivity index (χ1) is 9.34. The van der Waals surface area contributed by atoms with Crippen LogP contribution in [0, 0.1) is 12.8 Å². The zero-order valence-corrected chi connectivity index (χ0v) is 12.5. The van der Waals surface area contributed by atoms with Crippen molar-refractivity contribution in [2.24, 2.45) is 16.6 Å². The minimum atomic E-state index is -3.05. The van der Waals surface area contributed by atoms with E-state index < -0.39 is 10.0 Å². The summed E-state index contributed by atoms with van der Waals surface area (Å²) in [5.74, 6) is 0.607. The molecule has 0 unspecified atom stereocenters. The minimum absolute atomic E-state index is 0.252. The Morgan fingerprint density at radius 2 is 2.20 bits per heavy atom. The zero-order valence-electron chi connectivity index (χ0n) is 11.7. The van der Waals surface area contributed by atoms with Crippen molar-refractivity contribution >= 4 is 21.7 Å². The van der Waals surface area contributed by atoms with Gasteiger partial charge in [0.25, 0.3) is 0 Å². The Labute approximate surface area is 119 Å². The fraction of sp³-hybridized carbons (Fsp3) is 0.462. The molecule has 0 bridgehead atoms. The highest BCUT2D eigenvalue weighted by molar-refractivity contribution is 7.88. The van der Waals surface area contributed by atoms with Crippen LogP contribution in [0.25, 0.3) is 0 Å². The van der Waals surface area contributed by atoms with E-state index in [-0.39, 0.29) is 5.92 Å². The first-order valence-corrected chi connectivity index (χ1v) is 8.28. The molecule has 1 aliphatic rings. The van der Waals surface area contributed by atoms with Crippen LogP contribution in [-0.2, 0) is 10.0 Å². The van der Waals surface area contributed by atoms with Gasteiger partial charge in [0.15, 0.2) is 5.96 Å². The quantitative estimate of drug-likeness (QED) is 0.629. The van der Waals surface area contributed by atoms with E-state index in [1.807, 2.05) is 31.2 Å². The highest BCUT2D eigenvalue weighted by Gasteiger charge is 2.32. The van der Waals surface area contributed by atoms with Crippen LogP contribution in [0.15, 0.2) is 29.3 Å². The van der Waals surface area contributed by atoms with Gasteiger partial charge in [-0.3, -0.25) is 4.99 Å². The lowest BCUT2D eigenvalue weighted by Crippen LogP contribution is -2.50. The van der Waals surface area contributed by atoms with Crippen LogP contribution in [0.3, 0.4) is 0 Å². The molecule has 0 radical (unpaired) electrons. The Kier molecular flexibility index (Phi) is 4.29. The predicted octanol–water partition coefficient (Wildman–Crippen LogP) is 0.613. The van der Waals surface area contributed by atoms with Crippen molar-refractivity contribution in [2.45, 2.75) is 6.92 Å². The van der Waals surface area contributed by atoms with Crippen LogP contribution in [-0.4, -0.2) is 44.6 Å². The molecule has 1 aromatic carbocycles. The number of aliphatic imine (C=N–C) groups is 1. The van der Waals surface area contributed by atoms with Crippen LogP contribution < -0.4 is 11.1 Å². The Hall–Kier alpha value is -1.60. The summed E-state index contributed by atoms with van der Waals surface area (Å²) in [6, 6.07) is 7.86. The second-order valence-corrected chi connectivity index (χ2v) is 7.15. The summed E-state index contributed by atoms with van der Waals surface area (Å²) in [7, 11) is -3.05. The number of benzene rings is 1. The van der Waals surface area contributed by atoms with E-state index in [4.69, 9.17) is 5.73 Å². The molecule has 3 N–H and O–H groups in total. The van der Waals surface area contributed by atoms with Gasteiger partial charge in [-0.1, -0.05) is 12.1 Å². The van der Waals surface area contributed by atoms with Gasteiger partial charge >= 0.3 is 0 Å². The number of anilines is 1. The monoisotopic (exact) mass is 296 g/mol. The lowest BCUT2D eigenvalue weighted by atomic mass is 10.0. The summed E-state index contributed by atoms with van der Waals surface area (Å²) < 4.78 is 23.9. The van der Waals surface area contributed by atoms with E-state index in [2.05, 4.69) is 10.3 Å². The average Bonchev–Trinajstić information content (AvgIpc) is 2.24. The maximum absolute atomic E-state index is 11.2. The third kappa shape index (κ3) is 3.94. The van der Waals surface area contributed by atoms with Gasteiger partial charge in [-0.15, -0.1) is 0 Å². The molecule has 1 aliphatic heterocycles. The first kappa shape index (κ1) is 14.8. The number of guanidine groups is 1. The van der Waals surface area contributed by atoms with Crippen LogP contribution in [0.2, 0.25) is 0 Å². The number of hydrogen-bond donors (Lipinski definition) is 2. The lowest BCUT2D eigenvalue weighted by molar-refractivity contribution is 0.209. The van der Waals surface area contributed by atoms with Crippen LogP contribution in [0.1, 0.15) is 5.56 Å². The number of nitrogens with one attached hydrogen (secondary N) is 1. The fourth-order valence-corrected chi connectivity index (χ4v) is 3.01. The molecule has 1 saturated heterocycles. The van der Waals surface area contributed by atoms with Crippen molar-refractivity contribution < 1.29 is 8.42 Å². The van der Waals surface area contributed by atoms with Crippen LogP contribution >= 0.6 is 0 Å². The predicted molar refractivity (Wildman–Crippen MR) is 81.2 cm³/mol. The summed E-state index contributed by atoms with van der Waals surface area (Å²) in [6.45, 7) is 3.60. The third-order valence-electron chi connectivity index (χ3n) is 3.20. The maximum atomic E-state index is 11.2. The van der Waals surface area contributed by atoms with Crippen molar-refractivity contribution in [1.29, 1.82) is 0 Å².